The summed E-state index contributed by atoms with van der Waals surface area (Å²) in [6.45, 7) is 17.9. The Morgan fingerprint density at radius 2 is 1.17 bits per heavy atom. The molecule has 0 bridgehead atoms. The second-order valence-corrected chi connectivity index (χ2v) is 18.7. The first-order valence-electron chi connectivity index (χ1n) is 17.5. The molecule has 0 amide bonds. The number of unbranched alkanes of at least 4 members (excludes halogenated alkanes) is 15. The van der Waals surface area contributed by atoms with Gasteiger partial charge in [0.2, 0.25) is 8.32 Å². The van der Waals surface area contributed by atoms with Gasteiger partial charge in [0.25, 0.3) is 0 Å². The van der Waals surface area contributed by atoms with E-state index in [1.165, 1.54) is 96.3 Å². The van der Waals surface area contributed by atoms with Crippen molar-refractivity contribution in [3.05, 3.63) is 24.0 Å². The zero-order valence-corrected chi connectivity index (χ0v) is 29.6. The van der Waals surface area contributed by atoms with Gasteiger partial charge in [-0.1, -0.05) is 145 Å². The lowest BCUT2D eigenvalue weighted by molar-refractivity contribution is 0.0205. The largest absolute Gasteiger partial charge is 0.484 e. The highest BCUT2D eigenvalue weighted by Gasteiger charge is 2.45. The van der Waals surface area contributed by atoms with Gasteiger partial charge in [-0.05, 0) is 35.2 Å². The van der Waals surface area contributed by atoms with E-state index in [-0.39, 0.29) is 6.10 Å². The minimum Gasteiger partial charge on any atom is -0.484 e. The van der Waals surface area contributed by atoms with Gasteiger partial charge < -0.3 is 13.9 Å². The molecule has 0 saturated carbocycles. The molecule has 42 heavy (non-hydrogen) atoms. The minimum absolute atomic E-state index is 0.205. The lowest BCUT2D eigenvalue weighted by Gasteiger charge is -2.42. The summed E-state index contributed by atoms with van der Waals surface area (Å²) in [6.07, 6.45) is 23.3. The molecule has 0 fully saturated rings. The fraction of sp³-hybridized carbons (Fsp3) is 0.833. The Kier molecular flexibility index (Phi) is 22.0. The van der Waals surface area contributed by atoms with Gasteiger partial charge in [-0.2, -0.15) is 5.26 Å². The molecular formula is C36H66N2O3Si. The van der Waals surface area contributed by atoms with Gasteiger partial charge in [0.15, 0.2) is 0 Å². The first-order chi connectivity index (χ1) is 20.3. The van der Waals surface area contributed by atoms with E-state index in [1.807, 2.05) is 6.07 Å². The molecule has 1 aromatic heterocycles. The van der Waals surface area contributed by atoms with Crippen molar-refractivity contribution < 1.29 is 13.9 Å². The summed E-state index contributed by atoms with van der Waals surface area (Å²) in [5, 5.41) is 9.07. The number of hydrogen-bond acceptors (Lipinski definition) is 5. The first-order valence-corrected chi connectivity index (χ1v) is 19.7. The van der Waals surface area contributed by atoms with E-state index in [9.17, 15) is 0 Å². The highest BCUT2D eigenvalue weighted by Crippen LogP contribution is 2.42. The van der Waals surface area contributed by atoms with Crippen LogP contribution in [-0.2, 0) is 9.16 Å². The Labute approximate surface area is 261 Å². The van der Waals surface area contributed by atoms with Gasteiger partial charge in [-0.15, -0.1) is 0 Å². The summed E-state index contributed by atoms with van der Waals surface area (Å²) < 4.78 is 19.2. The molecule has 0 spiro atoms. The quantitative estimate of drug-likeness (QED) is 0.0740. The molecule has 1 rings (SSSR count). The maximum Gasteiger partial charge on any atom is 0.200 e. The highest BCUT2D eigenvalue weighted by molar-refractivity contribution is 6.77. The van der Waals surface area contributed by atoms with Crippen LogP contribution in [0.4, 0.5) is 0 Å². The zero-order valence-electron chi connectivity index (χ0n) is 28.6. The average Bonchev–Trinajstić information content (AvgIpc) is 2.96. The number of hydrogen-bond donors (Lipinski definition) is 0. The molecule has 1 atom stereocenters. The van der Waals surface area contributed by atoms with E-state index in [0.717, 1.165) is 13.0 Å². The van der Waals surface area contributed by atoms with Crippen LogP contribution in [0.25, 0.3) is 0 Å². The fourth-order valence-electron chi connectivity index (χ4n) is 6.53. The van der Waals surface area contributed by atoms with Crippen LogP contribution in [0.1, 0.15) is 157 Å². The second-order valence-electron chi connectivity index (χ2n) is 13.2. The van der Waals surface area contributed by atoms with Gasteiger partial charge >= 0.3 is 0 Å². The van der Waals surface area contributed by atoms with Gasteiger partial charge in [0.05, 0.1) is 19.4 Å². The number of pyridine rings is 1. The molecule has 0 aliphatic carbocycles. The van der Waals surface area contributed by atoms with E-state index in [4.69, 9.17) is 19.2 Å². The smallest absolute Gasteiger partial charge is 0.200 e. The molecule has 0 aliphatic rings. The zero-order chi connectivity index (χ0) is 31.1. The molecule has 0 aliphatic heterocycles. The summed E-state index contributed by atoms with van der Waals surface area (Å²) in [5.41, 5.74) is 1.93. The Bertz CT molecular complexity index is 785. The van der Waals surface area contributed by atoms with Crippen LogP contribution in [0.15, 0.2) is 18.3 Å². The topological polar surface area (TPSA) is 64.4 Å². The third-order valence-corrected chi connectivity index (χ3v) is 14.9. The Balaban J connectivity index is 2.31. The number of aromatic nitrogens is 1. The molecule has 0 radical (unpaired) electrons. The predicted molar refractivity (Wildman–Crippen MR) is 181 cm³/mol. The van der Waals surface area contributed by atoms with E-state index in [2.05, 4.69) is 59.5 Å². The maximum atomic E-state index is 9.07. The summed E-state index contributed by atoms with van der Waals surface area (Å²) in [6, 6.07) is 5.57. The Morgan fingerprint density at radius 1 is 0.690 bits per heavy atom. The molecule has 1 aromatic rings. The molecule has 0 saturated heterocycles. The molecule has 0 aromatic carbocycles. The van der Waals surface area contributed by atoms with Gasteiger partial charge in [0, 0.05) is 6.61 Å². The van der Waals surface area contributed by atoms with E-state index in [1.54, 1.807) is 12.3 Å². The standard InChI is InChI=1S/C36H66N2O3Si/c1-8-9-10-11-12-13-14-15-16-17-18-19-20-21-22-23-26-39-29-36(41-35-25-24-34(27-37)38-28-35)30-40-42(31(2)3,32(4)5)33(6)7/h24-25,28,31-33,36H,8-23,26,29-30H2,1-7H3/t36-/m1/s1. The van der Waals surface area contributed by atoms with Gasteiger partial charge in [-0.3, -0.25) is 0 Å². The van der Waals surface area contributed by atoms with Crippen molar-refractivity contribution >= 4 is 8.32 Å². The summed E-state index contributed by atoms with van der Waals surface area (Å²) in [4.78, 5) is 4.17. The van der Waals surface area contributed by atoms with E-state index >= 15 is 0 Å². The van der Waals surface area contributed by atoms with Crippen LogP contribution in [0.2, 0.25) is 16.6 Å². The number of ether oxygens (including phenoxy) is 2. The fourth-order valence-corrected chi connectivity index (χ4v) is 12.0. The van der Waals surface area contributed by atoms with Crippen molar-refractivity contribution in [3.8, 4) is 11.8 Å². The number of rotatable bonds is 27. The molecule has 6 heteroatoms. The van der Waals surface area contributed by atoms with Crippen LogP contribution < -0.4 is 4.74 Å². The average molecular weight is 603 g/mol. The second kappa shape index (κ2) is 24.0. The monoisotopic (exact) mass is 602 g/mol. The maximum absolute atomic E-state index is 9.07. The minimum atomic E-state index is -2.01. The van der Waals surface area contributed by atoms with Crippen LogP contribution in [-0.4, -0.2) is 39.2 Å². The molecule has 5 nitrogen and oxygen atoms in total. The SMILES string of the molecule is CCCCCCCCCCCCCCCCCCOC[C@H](CO[Si](C(C)C)(C(C)C)C(C)C)Oc1ccc(C#N)nc1. The first kappa shape index (κ1) is 38.6. The number of nitriles is 1. The predicted octanol–water partition coefficient (Wildman–Crippen LogP) is 11.2. The number of nitrogens with zero attached hydrogens (tertiary/aromatic N) is 2. The molecule has 0 N–H and O–H groups in total. The van der Waals surface area contributed by atoms with Gasteiger partial charge in [-0.25, -0.2) is 4.98 Å². The lowest BCUT2D eigenvalue weighted by Crippen LogP contribution is -2.50. The summed E-state index contributed by atoms with van der Waals surface area (Å²) in [7, 11) is -2.01. The Morgan fingerprint density at radius 3 is 1.57 bits per heavy atom. The van der Waals surface area contributed by atoms with Crippen molar-refractivity contribution in [1.82, 2.24) is 4.98 Å². The Hall–Kier alpha value is -1.42. The summed E-state index contributed by atoms with van der Waals surface area (Å²) >= 11 is 0. The third-order valence-electron chi connectivity index (χ3n) is 8.83. The third kappa shape index (κ3) is 15.9. The summed E-state index contributed by atoms with van der Waals surface area (Å²) in [5.74, 6) is 0.652. The van der Waals surface area contributed by atoms with Crippen LogP contribution in [0.5, 0.6) is 5.75 Å². The van der Waals surface area contributed by atoms with E-state index in [0.29, 0.717) is 41.3 Å². The van der Waals surface area contributed by atoms with Crippen LogP contribution >= 0.6 is 0 Å². The van der Waals surface area contributed by atoms with Crippen molar-refractivity contribution in [2.45, 2.75) is 174 Å². The van der Waals surface area contributed by atoms with Crippen LogP contribution in [0.3, 0.4) is 0 Å². The van der Waals surface area contributed by atoms with Crippen molar-refractivity contribution in [2.75, 3.05) is 19.8 Å². The highest BCUT2D eigenvalue weighted by atomic mass is 28.4. The van der Waals surface area contributed by atoms with Crippen molar-refractivity contribution in [3.63, 3.8) is 0 Å². The van der Waals surface area contributed by atoms with Crippen LogP contribution in [0, 0.1) is 11.3 Å². The molecule has 242 valence electrons. The molecule has 0 unspecified atom stereocenters. The van der Waals surface area contributed by atoms with E-state index < -0.39 is 8.32 Å². The van der Waals surface area contributed by atoms with Crippen molar-refractivity contribution in [1.29, 1.82) is 5.26 Å². The van der Waals surface area contributed by atoms with Gasteiger partial charge in [0.1, 0.15) is 23.6 Å². The molecular weight excluding hydrogens is 536 g/mol. The molecule has 1 heterocycles. The normalized spacial score (nSPS) is 12.8. The van der Waals surface area contributed by atoms with Crippen molar-refractivity contribution in [2.24, 2.45) is 0 Å². The lowest BCUT2D eigenvalue weighted by atomic mass is 10.0.